The van der Waals surface area contributed by atoms with Gasteiger partial charge < -0.3 is 30.6 Å². The number of amides is 2. The number of nitrogens with zero attached hydrogens (tertiary/aromatic N) is 1. The van der Waals surface area contributed by atoms with Gasteiger partial charge in [-0.3, -0.25) is 14.4 Å². The average molecular weight is 648 g/mol. The van der Waals surface area contributed by atoms with E-state index in [9.17, 15) is 33.4 Å². The molecule has 5 N–H and O–H groups in total. The topological polar surface area (TPSA) is 144 Å². The molecule has 0 aliphatic carbocycles. The van der Waals surface area contributed by atoms with Crippen LogP contribution in [0, 0.1) is 11.6 Å². The molecule has 0 spiro atoms. The maximum absolute atomic E-state index is 14.3. The standard InChI is InChI=1S/C36H39F2N3O6/c1-21(2)41-30(17-16-28(42)19-29(43)20-32(45)47-3)33(23-6-10-25(37)11-7-23)34(24-8-12-26(38)13-9-24)35(41)36(46)40-27-14-4-22(5-15-27)18-31(39)44/h4-15,21,28-29,42-43H,16-20H2,1-3H3,(H2,39,44)(H,40,46). The number of hydrogen-bond donors (Lipinski definition) is 4. The van der Waals surface area contributed by atoms with Crippen molar-refractivity contribution in [3.05, 3.63) is 101 Å². The lowest BCUT2D eigenvalue weighted by Gasteiger charge is -2.20. The van der Waals surface area contributed by atoms with E-state index in [1.165, 1.54) is 31.4 Å². The molecular formula is C36H39F2N3O6. The number of nitrogens with two attached hydrogens (primary N) is 1. The zero-order chi connectivity index (χ0) is 34.2. The first-order chi connectivity index (χ1) is 22.4. The summed E-state index contributed by atoms with van der Waals surface area (Å²) in [6.07, 6.45) is -2.01. The Morgan fingerprint density at radius 1 is 0.851 bits per heavy atom. The van der Waals surface area contributed by atoms with E-state index in [4.69, 9.17) is 5.73 Å². The number of benzene rings is 3. The van der Waals surface area contributed by atoms with Gasteiger partial charge in [-0.25, -0.2) is 8.78 Å². The van der Waals surface area contributed by atoms with E-state index < -0.39 is 41.6 Å². The largest absolute Gasteiger partial charge is 0.469 e. The van der Waals surface area contributed by atoms with Crippen molar-refractivity contribution in [3.63, 3.8) is 0 Å². The molecule has 0 radical (unpaired) electrons. The second-order valence-corrected chi connectivity index (χ2v) is 11.7. The van der Waals surface area contributed by atoms with E-state index >= 15 is 0 Å². The number of aromatic nitrogens is 1. The Morgan fingerprint density at radius 2 is 1.40 bits per heavy atom. The van der Waals surface area contributed by atoms with Gasteiger partial charge in [-0.15, -0.1) is 0 Å². The SMILES string of the molecule is COC(=O)CC(O)CC(O)CCc1c(-c2ccc(F)cc2)c(-c2ccc(F)cc2)c(C(=O)Nc2ccc(CC(N)=O)cc2)n1C(C)C. The van der Waals surface area contributed by atoms with Gasteiger partial charge in [-0.05, 0) is 86.2 Å². The van der Waals surface area contributed by atoms with Crippen LogP contribution >= 0.6 is 0 Å². The first-order valence-corrected chi connectivity index (χ1v) is 15.3. The summed E-state index contributed by atoms with van der Waals surface area (Å²) in [5.74, 6) is -2.46. The van der Waals surface area contributed by atoms with Crippen LogP contribution in [0.3, 0.4) is 0 Å². The summed E-state index contributed by atoms with van der Waals surface area (Å²) < 4.78 is 34.7. The van der Waals surface area contributed by atoms with Crippen LogP contribution in [0.4, 0.5) is 14.5 Å². The molecule has 248 valence electrons. The number of rotatable bonds is 14. The van der Waals surface area contributed by atoms with Gasteiger partial charge in [-0.1, -0.05) is 36.4 Å². The lowest BCUT2D eigenvalue weighted by Crippen LogP contribution is -2.23. The van der Waals surface area contributed by atoms with Crippen molar-refractivity contribution in [2.24, 2.45) is 5.73 Å². The molecule has 2 unspecified atom stereocenters. The predicted molar refractivity (Wildman–Crippen MR) is 174 cm³/mol. The Bertz CT molecular complexity index is 1700. The molecule has 4 aromatic rings. The minimum Gasteiger partial charge on any atom is -0.469 e. The number of halogens is 2. The number of esters is 1. The molecule has 0 fully saturated rings. The number of carbonyl (C=O) groups is 3. The summed E-state index contributed by atoms with van der Waals surface area (Å²) in [5.41, 5.74) is 9.62. The fraction of sp³-hybridized carbons (Fsp3) is 0.306. The molecule has 2 amide bonds. The third-order valence-electron chi connectivity index (χ3n) is 7.78. The molecule has 0 saturated carbocycles. The van der Waals surface area contributed by atoms with E-state index in [0.717, 1.165) is 0 Å². The molecule has 11 heteroatoms. The van der Waals surface area contributed by atoms with Crippen LogP contribution in [-0.4, -0.2) is 51.9 Å². The Morgan fingerprint density at radius 3 is 1.91 bits per heavy atom. The number of methoxy groups -OCH3 is 1. The zero-order valence-electron chi connectivity index (χ0n) is 26.5. The molecule has 1 aromatic heterocycles. The van der Waals surface area contributed by atoms with Crippen molar-refractivity contribution in [2.45, 2.75) is 64.2 Å². The third-order valence-corrected chi connectivity index (χ3v) is 7.78. The monoisotopic (exact) mass is 647 g/mol. The highest BCUT2D eigenvalue weighted by molar-refractivity contribution is 6.11. The van der Waals surface area contributed by atoms with Gasteiger partial charge in [0.25, 0.3) is 5.91 Å². The van der Waals surface area contributed by atoms with Gasteiger partial charge in [0.1, 0.15) is 17.3 Å². The smallest absolute Gasteiger partial charge is 0.308 e. The Labute approximate surface area is 272 Å². The van der Waals surface area contributed by atoms with Crippen LogP contribution in [-0.2, 0) is 27.2 Å². The highest BCUT2D eigenvalue weighted by atomic mass is 19.1. The summed E-state index contributed by atoms with van der Waals surface area (Å²) in [4.78, 5) is 37.2. The molecule has 9 nitrogen and oxygen atoms in total. The molecule has 0 aliphatic heterocycles. The maximum atomic E-state index is 14.3. The van der Waals surface area contributed by atoms with Crippen molar-refractivity contribution in [2.75, 3.05) is 12.4 Å². The van der Waals surface area contributed by atoms with Gasteiger partial charge in [0.15, 0.2) is 0 Å². The molecule has 1 heterocycles. The van der Waals surface area contributed by atoms with E-state index in [2.05, 4.69) is 10.1 Å². The predicted octanol–water partition coefficient (Wildman–Crippen LogP) is 5.57. The number of aliphatic hydroxyl groups is 2. The number of primary amides is 1. The Hall–Kier alpha value is -4.87. The van der Waals surface area contributed by atoms with Crippen LogP contribution in [0.5, 0.6) is 0 Å². The van der Waals surface area contributed by atoms with Crippen molar-refractivity contribution in [1.29, 1.82) is 0 Å². The minimum absolute atomic E-state index is 0.0507. The number of carbonyl (C=O) groups excluding carboxylic acids is 3. The lowest BCUT2D eigenvalue weighted by atomic mass is 9.92. The number of ether oxygens (including phenoxy) is 1. The molecular weight excluding hydrogens is 608 g/mol. The van der Waals surface area contributed by atoms with Gasteiger partial charge in [0.2, 0.25) is 5.91 Å². The fourth-order valence-electron chi connectivity index (χ4n) is 5.69. The molecule has 0 bridgehead atoms. The number of anilines is 1. The van der Waals surface area contributed by atoms with E-state index in [-0.39, 0.29) is 43.8 Å². The molecule has 0 saturated heterocycles. The van der Waals surface area contributed by atoms with E-state index in [1.807, 2.05) is 18.4 Å². The van der Waals surface area contributed by atoms with Crippen LogP contribution < -0.4 is 11.1 Å². The average Bonchev–Trinajstić information content (AvgIpc) is 3.37. The minimum atomic E-state index is -1.11. The first kappa shape index (κ1) is 35.0. The third kappa shape index (κ3) is 8.90. The second kappa shape index (κ2) is 15.6. The maximum Gasteiger partial charge on any atom is 0.308 e. The highest BCUT2D eigenvalue weighted by Crippen LogP contribution is 2.43. The summed E-state index contributed by atoms with van der Waals surface area (Å²) in [7, 11) is 1.22. The Balaban J connectivity index is 1.86. The summed E-state index contributed by atoms with van der Waals surface area (Å²) in [5, 5.41) is 24.1. The van der Waals surface area contributed by atoms with Gasteiger partial charge in [0.05, 0.1) is 32.2 Å². The summed E-state index contributed by atoms with van der Waals surface area (Å²) in [6, 6.07) is 18.0. The van der Waals surface area contributed by atoms with Crippen molar-refractivity contribution in [1.82, 2.24) is 4.57 Å². The molecule has 47 heavy (non-hydrogen) atoms. The van der Waals surface area contributed by atoms with E-state index in [0.29, 0.717) is 39.2 Å². The highest BCUT2D eigenvalue weighted by Gasteiger charge is 2.31. The van der Waals surface area contributed by atoms with Crippen LogP contribution in [0.1, 0.15) is 60.9 Å². The fourth-order valence-corrected chi connectivity index (χ4v) is 5.69. The molecule has 2 atom stereocenters. The quantitative estimate of drug-likeness (QED) is 0.132. The van der Waals surface area contributed by atoms with Gasteiger partial charge in [0, 0.05) is 28.6 Å². The van der Waals surface area contributed by atoms with Crippen LogP contribution in [0.2, 0.25) is 0 Å². The molecule has 3 aromatic carbocycles. The number of aliphatic hydroxyl groups excluding tert-OH is 2. The molecule has 4 rings (SSSR count). The normalized spacial score (nSPS) is 12.5. The molecule has 0 aliphatic rings. The summed E-state index contributed by atoms with van der Waals surface area (Å²) in [6.45, 7) is 3.80. The number of nitrogens with one attached hydrogen (secondary N) is 1. The van der Waals surface area contributed by atoms with Crippen molar-refractivity contribution >= 4 is 23.5 Å². The Kier molecular flexibility index (Phi) is 11.6. The van der Waals surface area contributed by atoms with Crippen molar-refractivity contribution in [3.8, 4) is 22.3 Å². The summed E-state index contributed by atoms with van der Waals surface area (Å²) >= 11 is 0. The number of hydrogen-bond acceptors (Lipinski definition) is 6. The lowest BCUT2D eigenvalue weighted by molar-refractivity contribution is -0.143. The zero-order valence-corrected chi connectivity index (χ0v) is 26.5. The first-order valence-electron chi connectivity index (χ1n) is 15.3. The second-order valence-electron chi connectivity index (χ2n) is 11.7. The van der Waals surface area contributed by atoms with E-state index in [1.54, 1.807) is 48.5 Å². The van der Waals surface area contributed by atoms with Crippen LogP contribution in [0.15, 0.2) is 72.8 Å². The van der Waals surface area contributed by atoms with Gasteiger partial charge >= 0.3 is 5.97 Å². The van der Waals surface area contributed by atoms with Gasteiger partial charge in [-0.2, -0.15) is 0 Å². The van der Waals surface area contributed by atoms with Crippen molar-refractivity contribution < 1.29 is 38.1 Å². The van der Waals surface area contributed by atoms with Crippen LogP contribution in [0.25, 0.3) is 22.3 Å².